The van der Waals surface area contributed by atoms with Crippen LogP contribution in [0.5, 0.6) is 0 Å². The van der Waals surface area contributed by atoms with Gasteiger partial charge in [-0.2, -0.15) is 5.10 Å². The van der Waals surface area contributed by atoms with Crippen molar-refractivity contribution in [1.29, 1.82) is 0 Å². The molecule has 8 nitrogen and oxygen atoms in total. The molecule has 8 heteroatoms. The second-order valence-corrected chi connectivity index (χ2v) is 8.21. The fraction of sp³-hybridized carbons (Fsp3) is 0.292. The predicted molar refractivity (Wildman–Crippen MR) is 121 cm³/mol. The van der Waals surface area contributed by atoms with E-state index in [2.05, 4.69) is 29.9 Å². The number of aryl methyl sites for hydroxylation is 1. The molecule has 162 valence electrons. The lowest BCUT2D eigenvalue weighted by Gasteiger charge is -2.09. The average molecular weight is 428 g/mol. The first-order valence-corrected chi connectivity index (χ1v) is 10.9. The van der Waals surface area contributed by atoms with Crippen molar-refractivity contribution < 1.29 is 4.79 Å². The highest BCUT2D eigenvalue weighted by molar-refractivity contribution is 5.94. The Morgan fingerprint density at radius 1 is 1.09 bits per heavy atom. The number of amides is 1. The van der Waals surface area contributed by atoms with E-state index in [4.69, 9.17) is 0 Å². The molecule has 0 spiro atoms. The fourth-order valence-corrected chi connectivity index (χ4v) is 3.75. The van der Waals surface area contributed by atoms with Crippen molar-refractivity contribution in [2.45, 2.75) is 25.8 Å². The van der Waals surface area contributed by atoms with Crippen LogP contribution in [-0.4, -0.2) is 41.8 Å². The molecule has 1 saturated carbocycles. The van der Waals surface area contributed by atoms with Crippen molar-refractivity contribution in [3.05, 3.63) is 72.7 Å². The van der Waals surface area contributed by atoms with Crippen molar-refractivity contribution in [1.82, 2.24) is 34.6 Å². The van der Waals surface area contributed by atoms with E-state index in [0.29, 0.717) is 24.0 Å². The first-order valence-electron chi connectivity index (χ1n) is 10.9. The molecule has 0 aliphatic heterocycles. The summed E-state index contributed by atoms with van der Waals surface area (Å²) in [7, 11) is 1.87. The highest BCUT2D eigenvalue weighted by Crippen LogP contribution is 2.32. The van der Waals surface area contributed by atoms with E-state index in [1.807, 2.05) is 37.5 Å². The zero-order chi connectivity index (χ0) is 21.9. The van der Waals surface area contributed by atoms with Crippen molar-refractivity contribution in [2.75, 3.05) is 6.54 Å². The molecular weight excluding hydrogens is 402 g/mol. The molecule has 1 aliphatic rings. The average Bonchev–Trinajstić information content (AvgIpc) is 3.37. The van der Waals surface area contributed by atoms with Crippen LogP contribution in [0.1, 0.15) is 28.9 Å². The molecule has 0 bridgehead atoms. The summed E-state index contributed by atoms with van der Waals surface area (Å²) in [5, 5.41) is 7.23. The van der Waals surface area contributed by atoms with Gasteiger partial charge < -0.3 is 9.88 Å². The third-order valence-electron chi connectivity index (χ3n) is 5.76. The molecule has 0 unspecified atom stereocenters. The lowest BCUT2D eigenvalue weighted by molar-refractivity contribution is 0.0944. The Bertz CT molecular complexity index is 1210. The third kappa shape index (κ3) is 4.44. The molecule has 1 aliphatic carbocycles. The number of hydrogen-bond acceptors (Lipinski definition) is 5. The summed E-state index contributed by atoms with van der Waals surface area (Å²) >= 11 is 0. The maximum Gasteiger partial charge on any atom is 0.267 e. The molecule has 0 aromatic carbocycles. The maximum absolute atomic E-state index is 13.0. The number of rotatable bonds is 8. The summed E-state index contributed by atoms with van der Waals surface area (Å²) in [5.74, 6) is 1.22. The largest absolute Gasteiger partial charge is 0.350 e. The standard InChI is InChI=1S/C24H25N7O/c1-30-21(7-11-29-30)23-27-13-20(14-28-23)19-12-22(31(16-19)15-18-2-3-18)24(32)26-10-6-17-4-8-25-9-5-17/h4-5,7-9,11-14,16,18H,2-3,6,10,15H2,1H3,(H,26,32). The van der Waals surface area contributed by atoms with Crippen molar-refractivity contribution in [2.24, 2.45) is 13.0 Å². The van der Waals surface area contributed by atoms with Crippen molar-refractivity contribution >= 4 is 5.91 Å². The van der Waals surface area contributed by atoms with Crippen molar-refractivity contribution in [3.8, 4) is 22.6 Å². The lowest BCUT2D eigenvalue weighted by atomic mass is 10.2. The van der Waals surface area contributed by atoms with Gasteiger partial charge in [-0.1, -0.05) is 0 Å². The van der Waals surface area contributed by atoms with Gasteiger partial charge in [0.05, 0.1) is 0 Å². The van der Waals surface area contributed by atoms with Crippen LogP contribution in [0.4, 0.5) is 0 Å². The molecule has 5 rings (SSSR count). The molecule has 1 amide bonds. The summed E-state index contributed by atoms with van der Waals surface area (Å²) in [6.07, 6.45) is 14.1. The number of hydrogen-bond donors (Lipinski definition) is 1. The quantitative estimate of drug-likeness (QED) is 0.467. The molecule has 1 fully saturated rings. The minimum absolute atomic E-state index is 0.0571. The zero-order valence-corrected chi connectivity index (χ0v) is 18.0. The van der Waals surface area contributed by atoms with Crippen LogP contribution >= 0.6 is 0 Å². The predicted octanol–water partition coefficient (Wildman–Crippen LogP) is 3.12. The Kier molecular flexibility index (Phi) is 5.49. The van der Waals surface area contributed by atoms with E-state index < -0.39 is 0 Å². The number of carbonyl (C=O) groups excluding carboxylic acids is 1. The maximum atomic E-state index is 13.0. The van der Waals surface area contributed by atoms with Gasteiger partial charge in [-0.15, -0.1) is 0 Å². The van der Waals surface area contributed by atoms with Gasteiger partial charge in [0.15, 0.2) is 5.82 Å². The van der Waals surface area contributed by atoms with Crippen LogP contribution in [-0.2, 0) is 20.0 Å². The third-order valence-corrected chi connectivity index (χ3v) is 5.76. The number of nitrogens with one attached hydrogen (secondary N) is 1. The van der Waals surface area contributed by atoms with Gasteiger partial charge in [0.1, 0.15) is 11.4 Å². The molecule has 0 atom stereocenters. The Morgan fingerprint density at radius 3 is 2.56 bits per heavy atom. The van der Waals surface area contributed by atoms with Crippen LogP contribution in [0.25, 0.3) is 22.6 Å². The summed E-state index contributed by atoms with van der Waals surface area (Å²) in [6, 6.07) is 7.76. The molecule has 1 N–H and O–H groups in total. The van der Waals surface area contributed by atoms with Crippen LogP contribution < -0.4 is 5.32 Å². The lowest BCUT2D eigenvalue weighted by Crippen LogP contribution is -2.28. The number of aromatic nitrogens is 6. The first kappa shape index (κ1) is 20.1. The first-order chi connectivity index (χ1) is 15.7. The van der Waals surface area contributed by atoms with Gasteiger partial charge in [-0.3, -0.25) is 14.5 Å². The summed E-state index contributed by atoms with van der Waals surface area (Å²) < 4.78 is 3.82. The molecule has 0 saturated heterocycles. The van der Waals surface area contributed by atoms with Gasteiger partial charge in [-0.05, 0) is 55.0 Å². The van der Waals surface area contributed by atoms with E-state index in [1.165, 1.54) is 12.8 Å². The van der Waals surface area contributed by atoms with E-state index >= 15 is 0 Å². The number of pyridine rings is 1. The van der Waals surface area contributed by atoms with Crippen LogP contribution in [0.2, 0.25) is 0 Å². The molecule has 4 heterocycles. The topological polar surface area (TPSA) is 90.5 Å². The Morgan fingerprint density at radius 2 is 1.88 bits per heavy atom. The molecule has 0 radical (unpaired) electrons. The smallest absolute Gasteiger partial charge is 0.267 e. The van der Waals surface area contributed by atoms with E-state index in [-0.39, 0.29) is 5.91 Å². The number of nitrogens with zero attached hydrogens (tertiary/aromatic N) is 6. The molecule has 32 heavy (non-hydrogen) atoms. The van der Waals surface area contributed by atoms with Gasteiger partial charge in [0.2, 0.25) is 0 Å². The van der Waals surface area contributed by atoms with Gasteiger partial charge in [-0.25, -0.2) is 9.97 Å². The second kappa shape index (κ2) is 8.74. The Balaban J connectivity index is 1.33. The highest BCUT2D eigenvalue weighted by atomic mass is 16.1. The Labute approximate surface area is 186 Å². The molecule has 4 aromatic heterocycles. The van der Waals surface area contributed by atoms with Gasteiger partial charge in [0, 0.05) is 68.4 Å². The molecule has 4 aromatic rings. The van der Waals surface area contributed by atoms with E-state index in [1.54, 1.807) is 35.7 Å². The normalized spacial score (nSPS) is 13.3. The van der Waals surface area contributed by atoms with Crippen LogP contribution in [0.15, 0.2) is 61.4 Å². The van der Waals surface area contributed by atoms with E-state index in [0.717, 1.165) is 35.3 Å². The summed E-state index contributed by atoms with van der Waals surface area (Å²) in [4.78, 5) is 26.0. The summed E-state index contributed by atoms with van der Waals surface area (Å²) in [5.41, 5.74) is 4.52. The SMILES string of the molecule is Cn1nccc1-c1ncc(-c2cc(C(=O)NCCc3ccncc3)n(CC3CC3)c2)cn1. The van der Waals surface area contributed by atoms with Gasteiger partial charge in [0.25, 0.3) is 5.91 Å². The summed E-state index contributed by atoms with van der Waals surface area (Å²) in [6.45, 7) is 1.44. The number of carbonyl (C=O) groups is 1. The van der Waals surface area contributed by atoms with Crippen LogP contribution in [0, 0.1) is 5.92 Å². The second-order valence-electron chi connectivity index (χ2n) is 8.21. The van der Waals surface area contributed by atoms with E-state index in [9.17, 15) is 4.79 Å². The Hall–Kier alpha value is -3.81. The van der Waals surface area contributed by atoms with Crippen LogP contribution in [0.3, 0.4) is 0 Å². The molecular formula is C24H25N7O. The zero-order valence-electron chi connectivity index (χ0n) is 18.0. The monoisotopic (exact) mass is 427 g/mol. The minimum Gasteiger partial charge on any atom is -0.350 e. The van der Waals surface area contributed by atoms with Crippen molar-refractivity contribution in [3.63, 3.8) is 0 Å². The minimum atomic E-state index is -0.0571. The van der Waals surface area contributed by atoms with Gasteiger partial charge >= 0.3 is 0 Å². The highest BCUT2D eigenvalue weighted by Gasteiger charge is 2.24. The fourth-order valence-electron chi connectivity index (χ4n) is 3.75.